The summed E-state index contributed by atoms with van der Waals surface area (Å²) >= 11 is 6.00. The molecule has 4 rings (SSSR count). The maximum atomic E-state index is 13.6. The highest BCUT2D eigenvalue weighted by molar-refractivity contribution is 6.47. The third-order valence-electron chi connectivity index (χ3n) is 5.99. The SMILES string of the molecule is CC(C)(C)OC(=O)N1CCCC2(C1)N=C(c1ccc(Cl)cc1)C(=O)N2CC(=O)Nc1ccc(F)c(F)c1. The maximum Gasteiger partial charge on any atom is 0.410 e. The first-order valence-electron chi connectivity index (χ1n) is 11.8. The molecule has 1 saturated heterocycles. The van der Waals surface area contributed by atoms with Crippen molar-refractivity contribution in [1.29, 1.82) is 0 Å². The molecular weight excluding hydrogens is 506 g/mol. The molecule has 2 aromatic rings. The molecule has 1 atom stereocenters. The zero-order valence-electron chi connectivity index (χ0n) is 20.7. The molecule has 0 aromatic heterocycles. The van der Waals surface area contributed by atoms with E-state index in [9.17, 15) is 23.2 Å². The van der Waals surface area contributed by atoms with Gasteiger partial charge in [0.1, 0.15) is 17.9 Å². The number of piperidine rings is 1. The van der Waals surface area contributed by atoms with Gasteiger partial charge in [-0.25, -0.2) is 18.6 Å². The van der Waals surface area contributed by atoms with Crippen LogP contribution in [0.4, 0.5) is 19.3 Å². The van der Waals surface area contributed by atoms with Crippen LogP contribution in [0.1, 0.15) is 39.2 Å². The van der Waals surface area contributed by atoms with Crippen LogP contribution in [0.15, 0.2) is 47.5 Å². The van der Waals surface area contributed by atoms with Crippen LogP contribution in [0.3, 0.4) is 0 Å². The Kier molecular flexibility index (Phi) is 7.23. The summed E-state index contributed by atoms with van der Waals surface area (Å²) < 4.78 is 32.4. The van der Waals surface area contributed by atoms with Crippen molar-refractivity contribution in [2.45, 2.75) is 44.9 Å². The number of halogens is 3. The number of carbonyl (C=O) groups excluding carboxylic acids is 3. The monoisotopic (exact) mass is 532 g/mol. The largest absolute Gasteiger partial charge is 0.444 e. The van der Waals surface area contributed by atoms with Crippen LogP contribution < -0.4 is 5.32 Å². The summed E-state index contributed by atoms with van der Waals surface area (Å²) in [5.74, 6) is -3.27. The second kappa shape index (κ2) is 10.1. The lowest BCUT2D eigenvalue weighted by atomic mass is 9.97. The molecule has 2 heterocycles. The lowest BCUT2D eigenvalue weighted by Gasteiger charge is -2.43. The van der Waals surface area contributed by atoms with Gasteiger partial charge in [-0.2, -0.15) is 0 Å². The topological polar surface area (TPSA) is 91.3 Å². The molecule has 2 aliphatic rings. The third-order valence-corrected chi connectivity index (χ3v) is 6.25. The molecule has 0 saturated carbocycles. The van der Waals surface area contributed by atoms with E-state index >= 15 is 0 Å². The number of carbonyl (C=O) groups is 3. The van der Waals surface area contributed by atoms with E-state index in [2.05, 4.69) is 5.32 Å². The highest BCUT2D eigenvalue weighted by atomic mass is 35.5. The van der Waals surface area contributed by atoms with Crippen molar-refractivity contribution in [3.63, 3.8) is 0 Å². The minimum absolute atomic E-state index is 0.0310. The molecule has 8 nitrogen and oxygen atoms in total. The number of amides is 3. The number of benzene rings is 2. The standard InChI is InChI=1S/C26H27ClF2N4O4/c1-25(2,3)37-24(36)32-12-4-11-26(15-32)31-22(16-5-7-17(27)8-6-16)23(35)33(26)14-21(34)30-18-9-10-19(28)20(29)13-18/h5-10,13H,4,11-12,14-15H2,1-3H3,(H,30,34). The van der Waals surface area contributed by atoms with E-state index in [1.54, 1.807) is 45.0 Å². The number of hydrogen-bond acceptors (Lipinski definition) is 5. The van der Waals surface area contributed by atoms with Crippen LogP contribution in [0.25, 0.3) is 0 Å². The maximum absolute atomic E-state index is 13.6. The molecule has 3 amide bonds. The lowest BCUT2D eigenvalue weighted by Crippen LogP contribution is -2.59. The zero-order valence-corrected chi connectivity index (χ0v) is 21.4. The van der Waals surface area contributed by atoms with E-state index in [4.69, 9.17) is 21.3 Å². The first-order valence-corrected chi connectivity index (χ1v) is 12.2. The molecule has 11 heteroatoms. The highest BCUT2D eigenvalue weighted by Gasteiger charge is 2.51. The van der Waals surface area contributed by atoms with Crippen molar-refractivity contribution in [3.05, 3.63) is 64.7 Å². The normalized spacial score (nSPS) is 19.7. The summed E-state index contributed by atoms with van der Waals surface area (Å²) in [5, 5.41) is 2.98. The average Bonchev–Trinajstić information content (AvgIpc) is 3.07. The fraction of sp³-hybridized carbons (Fsp3) is 0.385. The Hall–Kier alpha value is -3.53. The predicted octanol–water partition coefficient (Wildman–Crippen LogP) is 4.62. The molecule has 1 fully saturated rings. The van der Waals surface area contributed by atoms with Gasteiger partial charge >= 0.3 is 6.09 Å². The highest BCUT2D eigenvalue weighted by Crippen LogP contribution is 2.36. The van der Waals surface area contributed by atoms with E-state index in [1.165, 1.54) is 15.9 Å². The van der Waals surface area contributed by atoms with Crippen LogP contribution in [0.2, 0.25) is 5.02 Å². The Bertz CT molecular complexity index is 1260. The van der Waals surface area contributed by atoms with Gasteiger partial charge in [0.15, 0.2) is 17.3 Å². The molecule has 1 N–H and O–H groups in total. The number of likely N-dealkylation sites (tertiary alicyclic amines) is 1. The summed E-state index contributed by atoms with van der Waals surface area (Å²) in [7, 11) is 0. The van der Waals surface area contributed by atoms with E-state index in [0.717, 1.165) is 12.1 Å². The number of anilines is 1. The summed E-state index contributed by atoms with van der Waals surface area (Å²) in [6, 6.07) is 9.55. The van der Waals surface area contributed by atoms with E-state index in [1.807, 2.05) is 0 Å². The van der Waals surface area contributed by atoms with Crippen molar-refractivity contribution >= 4 is 40.9 Å². The average molecular weight is 533 g/mol. The van der Waals surface area contributed by atoms with Gasteiger partial charge < -0.3 is 19.9 Å². The van der Waals surface area contributed by atoms with Gasteiger partial charge in [-0.15, -0.1) is 0 Å². The van der Waals surface area contributed by atoms with Crippen LogP contribution in [-0.4, -0.2) is 64.3 Å². The molecule has 37 heavy (non-hydrogen) atoms. The molecule has 1 unspecified atom stereocenters. The second-order valence-electron chi connectivity index (χ2n) is 10.0. The Morgan fingerprint density at radius 3 is 2.49 bits per heavy atom. The quantitative estimate of drug-likeness (QED) is 0.622. The van der Waals surface area contributed by atoms with Gasteiger partial charge in [0, 0.05) is 28.9 Å². The predicted molar refractivity (Wildman–Crippen MR) is 134 cm³/mol. The van der Waals surface area contributed by atoms with Crippen molar-refractivity contribution in [2.75, 3.05) is 25.0 Å². The Balaban J connectivity index is 1.63. The van der Waals surface area contributed by atoms with Gasteiger partial charge in [0.25, 0.3) is 5.91 Å². The first kappa shape index (κ1) is 26.5. The number of nitrogens with one attached hydrogen (secondary N) is 1. The molecule has 2 aromatic carbocycles. The number of rotatable bonds is 4. The number of nitrogens with zero attached hydrogens (tertiary/aromatic N) is 3. The molecule has 0 bridgehead atoms. The second-order valence-corrected chi connectivity index (χ2v) is 10.5. The minimum atomic E-state index is -1.20. The number of aliphatic imine (C=N–C) groups is 1. The van der Waals surface area contributed by atoms with E-state index in [-0.39, 0.29) is 17.9 Å². The fourth-order valence-corrected chi connectivity index (χ4v) is 4.50. The lowest BCUT2D eigenvalue weighted by molar-refractivity contribution is -0.134. The van der Waals surface area contributed by atoms with E-state index in [0.29, 0.717) is 30.0 Å². The van der Waals surface area contributed by atoms with Crippen LogP contribution in [0.5, 0.6) is 0 Å². The summed E-state index contributed by atoms with van der Waals surface area (Å²) in [6.45, 7) is 5.30. The summed E-state index contributed by atoms with van der Waals surface area (Å²) in [6.07, 6.45) is 0.388. The first-order chi connectivity index (χ1) is 17.4. The van der Waals surface area contributed by atoms with E-state index < -0.39 is 47.4 Å². The Labute approximate surface area is 218 Å². The van der Waals surface area contributed by atoms with Gasteiger partial charge in [-0.05, 0) is 57.9 Å². The Morgan fingerprint density at radius 1 is 1.14 bits per heavy atom. The van der Waals surface area contributed by atoms with Gasteiger partial charge in [-0.1, -0.05) is 23.7 Å². The number of hydrogen-bond donors (Lipinski definition) is 1. The van der Waals surface area contributed by atoms with Crippen LogP contribution in [0, 0.1) is 11.6 Å². The zero-order chi connectivity index (χ0) is 27.0. The smallest absolute Gasteiger partial charge is 0.410 e. The Morgan fingerprint density at radius 2 is 1.84 bits per heavy atom. The summed E-state index contributed by atoms with van der Waals surface area (Å²) in [5.41, 5.74) is -1.21. The molecule has 196 valence electrons. The van der Waals surface area contributed by atoms with Crippen molar-refractivity contribution < 1.29 is 27.9 Å². The minimum Gasteiger partial charge on any atom is -0.444 e. The van der Waals surface area contributed by atoms with Crippen molar-refractivity contribution in [2.24, 2.45) is 4.99 Å². The molecule has 0 radical (unpaired) electrons. The molecule has 2 aliphatic heterocycles. The van der Waals surface area contributed by atoms with Crippen LogP contribution in [-0.2, 0) is 14.3 Å². The van der Waals surface area contributed by atoms with Gasteiger partial charge in [0.05, 0.1) is 6.54 Å². The molecule has 1 spiro atoms. The fourth-order valence-electron chi connectivity index (χ4n) is 4.38. The number of ether oxygens (including phenoxy) is 1. The summed E-state index contributed by atoms with van der Waals surface area (Å²) in [4.78, 5) is 46.9. The van der Waals surface area contributed by atoms with Crippen LogP contribution >= 0.6 is 11.6 Å². The van der Waals surface area contributed by atoms with Gasteiger partial charge in [-0.3, -0.25) is 9.59 Å². The van der Waals surface area contributed by atoms with Crippen molar-refractivity contribution in [3.8, 4) is 0 Å². The molecule has 0 aliphatic carbocycles. The molecular formula is C26H27ClF2N4O4. The van der Waals surface area contributed by atoms with Crippen molar-refractivity contribution in [1.82, 2.24) is 9.80 Å². The third kappa shape index (κ3) is 5.90. The van der Waals surface area contributed by atoms with Gasteiger partial charge in [0.2, 0.25) is 5.91 Å².